The maximum Gasteiger partial charge on any atom is 0.230 e. The molecule has 1 amide bonds. The number of benzene rings is 1. The number of nitrogens with one attached hydrogen (secondary N) is 1. The number of aliphatic imine (C=N–C) groups is 1. The summed E-state index contributed by atoms with van der Waals surface area (Å²) in [7, 11) is 0. The molecular formula is C10H8Br2N2O. The molecule has 1 heterocycles. The lowest BCUT2D eigenvalue weighted by atomic mass is 10.2. The van der Waals surface area contributed by atoms with Gasteiger partial charge in [-0.25, -0.2) is 0 Å². The Balaban J connectivity index is 2.63. The van der Waals surface area contributed by atoms with Crippen molar-refractivity contribution in [3.8, 4) is 0 Å². The van der Waals surface area contributed by atoms with Crippen molar-refractivity contribution < 1.29 is 4.79 Å². The number of nitrogens with zero attached hydrogens (tertiary/aromatic N) is 1. The van der Waals surface area contributed by atoms with Crippen molar-refractivity contribution in [1.82, 2.24) is 0 Å². The van der Waals surface area contributed by atoms with Crippen LogP contribution in [0, 0.1) is 0 Å². The van der Waals surface area contributed by atoms with E-state index in [1.54, 1.807) is 0 Å². The number of hydrogen-bond donors (Lipinski definition) is 1. The summed E-state index contributed by atoms with van der Waals surface area (Å²) in [6, 6.07) is 3.77. The number of halogens is 2. The van der Waals surface area contributed by atoms with Gasteiger partial charge in [0.15, 0.2) is 0 Å². The molecule has 0 bridgehead atoms. The van der Waals surface area contributed by atoms with Crippen molar-refractivity contribution in [2.45, 2.75) is 13.3 Å². The largest absolute Gasteiger partial charge is 0.323 e. The van der Waals surface area contributed by atoms with Crippen LogP contribution in [0.3, 0.4) is 0 Å². The van der Waals surface area contributed by atoms with E-state index in [1.807, 2.05) is 19.1 Å². The standard InChI is InChI=1S/C10H8Br2N2O/c1-5-2-9(15)14-10-7(12)3-6(11)4-8(10)13-5/h3-4H,2H2,1H3,(H,14,15). The van der Waals surface area contributed by atoms with Crippen LogP contribution in [0.25, 0.3) is 0 Å². The molecule has 2 rings (SSSR count). The smallest absolute Gasteiger partial charge is 0.230 e. The molecule has 0 fully saturated rings. The zero-order chi connectivity index (χ0) is 11.0. The molecule has 1 aliphatic rings. The fraction of sp³-hybridized carbons (Fsp3) is 0.200. The van der Waals surface area contributed by atoms with Gasteiger partial charge < -0.3 is 5.32 Å². The maximum absolute atomic E-state index is 11.5. The highest BCUT2D eigenvalue weighted by Crippen LogP contribution is 2.37. The molecule has 0 saturated heterocycles. The van der Waals surface area contributed by atoms with Crippen molar-refractivity contribution in [1.29, 1.82) is 0 Å². The molecule has 0 aromatic heterocycles. The van der Waals surface area contributed by atoms with E-state index in [-0.39, 0.29) is 5.91 Å². The molecule has 0 aliphatic carbocycles. The van der Waals surface area contributed by atoms with Gasteiger partial charge in [-0.05, 0) is 35.0 Å². The van der Waals surface area contributed by atoms with Crippen LogP contribution in [-0.4, -0.2) is 11.6 Å². The SMILES string of the molecule is CC1=Nc2cc(Br)cc(Br)c2NC(=O)C1. The maximum atomic E-state index is 11.5. The molecular weight excluding hydrogens is 324 g/mol. The summed E-state index contributed by atoms with van der Waals surface area (Å²) in [4.78, 5) is 15.9. The Hall–Kier alpha value is -0.680. The zero-order valence-electron chi connectivity index (χ0n) is 7.97. The highest BCUT2D eigenvalue weighted by molar-refractivity contribution is 9.11. The number of carbonyl (C=O) groups is 1. The molecule has 0 unspecified atom stereocenters. The van der Waals surface area contributed by atoms with Crippen molar-refractivity contribution in [2.24, 2.45) is 4.99 Å². The van der Waals surface area contributed by atoms with E-state index in [9.17, 15) is 4.79 Å². The molecule has 0 saturated carbocycles. The Kier molecular flexibility index (Phi) is 2.93. The minimum absolute atomic E-state index is 0.0296. The molecule has 1 N–H and O–H groups in total. The predicted molar refractivity (Wildman–Crippen MR) is 67.9 cm³/mol. The third kappa shape index (κ3) is 2.29. The Morgan fingerprint density at radius 3 is 2.87 bits per heavy atom. The van der Waals surface area contributed by atoms with Crippen LogP contribution in [0.4, 0.5) is 11.4 Å². The van der Waals surface area contributed by atoms with E-state index >= 15 is 0 Å². The molecule has 3 nitrogen and oxygen atoms in total. The second kappa shape index (κ2) is 4.06. The quantitative estimate of drug-likeness (QED) is 0.774. The minimum Gasteiger partial charge on any atom is -0.323 e. The number of anilines is 1. The first-order valence-corrected chi connectivity index (χ1v) is 5.98. The van der Waals surface area contributed by atoms with Crippen molar-refractivity contribution in [2.75, 3.05) is 5.32 Å². The highest BCUT2D eigenvalue weighted by Gasteiger charge is 2.16. The molecule has 78 valence electrons. The first-order valence-electron chi connectivity index (χ1n) is 4.39. The molecule has 0 radical (unpaired) electrons. The van der Waals surface area contributed by atoms with Crippen LogP contribution in [0.1, 0.15) is 13.3 Å². The summed E-state index contributed by atoms with van der Waals surface area (Å²) in [5.74, 6) is -0.0296. The van der Waals surface area contributed by atoms with Crippen LogP contribution >= 0.6 is 31.9 Å². The first-order chi connectivity index (χ1) is 7.06. The van der Waals surface area contributed by atoms with Gasteiger partial charge in [-0.3, -0.25) is 9.79 Å². The van der Waals surface area contributed by atoms with Crippen LogP contribution in [0.15, 0.2) is 26.1 Å². The van der Waals surface area contributed by atoms with Gasteiger partial charge >= 0.3 is 0 Å². The normalized spacial score (nSPS) is 15.1. The second-order valence-corrected chi connectivity index (χ2v) is 5.12. The van der Waals surface area contributed by atoms with Crippen LogP contribution in [-0.2, 0) is 4.79 Å². The van der Waals surface area contributed by atoms with Gasteiger partial charge in [-0.2, -0.15) is 0 Å². The van der Waals surface area contributed by atoms with Crippen molar-refractivity contribution >= 4 is 54.9 Å². The van der Waals surface area contributed by atoms with Gasteiger partial charge in [0.05, 0.1) is 17.8 Å². The van der Waals surface area contributed by atoms with Gasteiger partial charge in [-0.1, -0.05) is 15.9 Å². The monoisotopic (exact) mass is 330 g/mol. The molecule has 1 aromatic rings. The summed E-state index contributed by atoms with van der Waals surface area (Å²) in [6.07, 6.45) is 0.346. The Morgan fingerprint density at radius 2 is 2.13 bits per heavy atom. The average molecular weight is 332 g/mol. The summed E-state index contributed by atoms with van der Waals surface area (Å²) in [6.45, 7) is 1.85. The lowest BCUT2D eigenvalue weighted by molar-refractivity contribution is -0.115. The summed E-state index contributed by atoms with van der Waals surface area (Å²) < 4.78 is 1.76. The molecule has 0 atom stereocenters. The Labute approximate surface area is 104 Å². The zero-order valence-corrected chi connectivity index (χ0v) is 11.1. The highest BCUT2D eigenvalue weighted by atomic mass is 79.9. The fourth-order valence-electron chi connectivity index (χ4n) is 1.43. The number of fused-ring (bicyclic) bond motifs is 1. The first kappa shape index (κ1) is 10.8. The minimum atomic E-state index is -0.0296. The van der Waals surface area contributed by atoms with E-state index in [2.05, 4.69) is 42.2 Å². The number of hydrogen-bond acceptors (Lipinski definition) is 2. The molecule has 0 spiro atoms. The van der Waals surface area contributed by atoms with Crippen LogP contribution in [0.5, 0.6) is 0 Å². The lowest BCUT2D eigenvalue weighted by Crippen LogP contribution is -2.12. The van der Waals surface area contributed by atoms with Crippen molar-refractivity contribution in [3.63, 3.8) is 0 Å². The second-order valence-electron chi connectivity index (χ2n) is 3.35. The van der Waals surface area contributed by atoms with E-state index < -0.39 is 0 Å². The Morgan fingerprint density at radius 1 is 1.40 bits per heavy atom. The van der Waals surface area contributed by atoms with Crippen molar-refractivity contribution in [3.05, 3.63) is 21.1 Å². The molecule has 1 aromatic carbocycles. The fourth-order valence-corrected chi connectivity index (χ4v) is 2.73. The topological polar surface area (TPSA) is 41.5 Å². The van der Waals surface area contributed by atoms with Gasteiger partial charge in [0.2, 0.25) is 5.91 Å². The van der Waals surface area contributed by atoms with Gasteiger partial charge in [0, 0.05) is 14.7 Å². The van der Waals surface area contributed by atoms with Gasteiger partial charge in [0.25, 0.3) is 0 Å². The van der Waals surface area contributed by atoms with Crippen LogP contribution in [0.2, 0.25) is 0 Å². The molecule has 1 aliphatic heterocycles. The van der Waals surface area contributed by atoms with Crippen LogP contribution < -0.4 is 5.32 Å². The molecule has 5 heteroatoms. The third-order valence-electron chi connectivity index (χ3n) is 2.03. The summed E-state index contributed by atoms with van der Waals surface area (Å²) >= 11 is 6.79. The lowest BCUT2D eigenvalue weighted by Gasteiger charge is -2.07. The summed E-state index contributed by atoms with van der Waals surface area (Å²) in [5.41, 5.74) is 2.33. The van der Waals surface area contributed by atoms with Gasteiger partial charge in [0.1, 0.15) is 0 Å². The average Bonchev–Trinajstić information content (AvgIpc) is 2.22. The van der Waals surface area contributed by atoms with E-state index in [0.29, 0.717) is 6.42 Å². The third-order valence-corrected chi connectivity index (χ3v) is 3.11. The Bertz CT molecular complexity index is 469. The van der Waals surface area contributed by atoms with Gasteiger partial charge in [-0.15, -0.1) is 0 Å². The number of carbonyl (C=O) groups excluding carboxylic acids is 1. The van der Waals surface area contributed by atoms with E-state index in [0.717, 1.165) is 26.0 Å². The summed E-state index contributed by atoms with van der Waals surface area (Å²) in [5, 5.41) is 2.83. The molecule has 15 heavy (non-hydrogen) atoms. The number of rotatable bonds is 0. The predicted octanol–water partition coefficient (Wildman–Crippen LogP) is 3.65. The van der Waals surface area contributed by atoms with E-state index in [1.165, 1.54) is 0 Å². The number of amides is 1. The van der Waals surface area contributed by atoms with E-state index in [4.69, 9.17) is 0 Å².